The second-order valence-corrected chi connectivity index (χ2v) is 5.37. The monoisotopic (exact) mass is 269 g/mol. The van der Waals surface area contributed by atoms with Crippen molar-refractivity contribution in [2.24, 2.45) is 0 Å². The molecule has 1 aromatic carbocycles. The van der Waals surface area contributed by atoms with Crippen LogP contribution in [0.25, 0.3) is 0 Å². The van der Waals surface area contributed by atoms with E-state index in [-0.39, 0.29) is 6.04 Å². The molecule has 1 saturated carbocycles. The number of rotatable bonds is 3. The summed E-state index contributed by atoms with van der Waals surface area (Å²) in [6.07, 6.45) is 1.98. The van der Waals surface area contributed by atoms with Crippen LogP contribution in [0.4, 0.5) is 0 Å². The summed E-state index contributed by atoms with van der Waals surface area (Å²) in [6.45, 7) is 2.73. The maximum absolute atomic E-state index is 9.83. The third kappa shape index (κ3) is 2.60. The van der Waals surface area contributed by atoms with Crippen LogP contribution in [-0.2, 0) is 6.54 Å². The van der Waals surface area contributed by atoms with E-state index in [0.29, 0.717) is 0 Å². The SMILES string of the molecule is C[C@]1(O)CC[C@@H]1NCc1ccc(Br)cc1. The molecule has 0 amide bonds. The predicted molar refractivity (Wildman–Crippen MR) is 64.6 cm³/mol. The Bertz CT molecular complexity index is 334. The number of nitrogens with one attached hydrogen (secondary N) is 1. The van der Waals surface area contributed by atoms with Crippen molar-refractivity contribution in [3.8, 4) is 0 Å². The van der Waals surface area contributed by atoms with Gasteiger partial charge in [0.1, 0.15) is 0 Å². The maximum atomic E-state index is 9.83. The molecular weight excluding hydrogens is 254 g/mol. The van der Waals surface area contributed by atoms with Crippen LogP contribution in [0.15, 0.2) is 28.7 Å². The molecule has 1 aromatic rings. The topological polar surface area (TPSA) is 32.3 Å². The molecule has 2 rings (SSSR count). The second kappa shape index (κ2) is 4.24. The average Bonchev–Trinajstić information content (AvgIpc) is 2.20. The van der Waals surface area contributed by atoms with Crippen molar-refractivity contribution in [1.29, 1.82) is 0 Å². The number of hydrogen-bond acceptors (Lipinski definition) is 2. The van der Waals surface area contributed by atoms with Crippen LogP contribution in [0.3, 0.4) is 0 Å². The summed E-state index contributed by atoms with van der Waals surface area (Å²) >= 11 is 3.41. The standard InChI is InChI=1S/C12H16BrNO/c1-12(15)7-6-11(12)14-8-9-2-4-10(13)5-3-9/h2-5,11,14-15H,6-8H2,1H3/t11-,12-/m0/s1. The summed E-state index contributed by atoms with van der Waals surface area (Å²) in [4.78, 5) is 0. The zero-order valence-corrected chi connectivity index (χ0v) is 10.4. The summed E-state index contributed by atoms with van der Waals surface area (Å²) in [5.74, 6) is 0. The smallest absolute Gasteiger partial charge is 0.0772 e. The quantitative estimate of drug-likeness (QED) is 0.884. The molecule has 0 spiro atoms. The Kier molecular flexibility index (Phi) is 3.14. The van der Waals surface area contributed by atoms with Crippen molar-refractivity contribution < 1.29 is 5.11 Å². The van der Waals surface area contributed by atoms with E-state index in [9.17, 15) is 5.11 Å². The molecule has 0 saturated heterocycles. The number of benzene rings is 1. The Morgan fingerprint density at radius 3 is 2.60 bits per heavy atom. The predicted octanol–water partition coefficient (Wildman–Crippen LogP) is 2.45. The summed E-state index contributed by atoms with van der Waals surface area (Å²) in [5.41, 5.74) is 0.746. The molecule has 0 heterocycles. The van der Waals surface area contributed by atoms with Crippen molar-refractivity contribution >= 4 is 15.9 Å². The first-order valence-electron chi connectivity index (χ1n) is 5.28. The maximum Gasteiger partial charge on any atom is 0.0772 e. The van der Waals surface area contributed by atoms with Crippen LogP contribution in [0.1, 0.15) is 25.3 Å². The summed E-state index contributed by atoms with van der Waals surface area (Å²) in [5, 5.41) is 13.2. The van der Waals surface area contributed by atoms with E-state index in [1.165, 1.54) is 5.56 Å². The summed E-state index contributed by atoms with van der Waals surface area (Å²) < 4.78 is 1.10. The van der Waals surface area contributed by atoms with Crippen molar-refractivity contribution in [3.05, 3.63) is 34.3 Å². The molecule has 0 aromatic heterocycles. The van der Waals surface area contributed by atoms with Gasteiger partial charge >= 0.3 is 0 Å². The molecule has 1 aliphatic rings. The van der Waals surface area contributed by atoms with Crippen molar-refractivity contribution in [1.82, 2.24) is 5.32 Å². The molecule has 3 heteroatoms. The van der Waals surface area contributed by atoms with E-state index in [2.05, 4.69) is 33.4 Å². The van der Waals surface area contributed by atoms with Gasteiger partial charge in [0.15, 0.2) is 0 Å². The van der Waals surface area contributed by atoms with Gasteiger partial charge in [-0.3, -0.25) is 0 Å². The molecule has 0 bridgehead atoms. The van der Waals surface area contributed by atoms with Gasteiger partial charge in [0.25, 0.3) is 0 Å². The number of hydrogen-bond donors (Lipinski definition) is 2. The molecule has 0 aliphatic heterocycles. The average molecular weight is 270 g/mol. The van der Waals surface area contributed by atoms with Crippen LogP contribution in [-0.4, -0.2) is 16.7 Å². The summed E-state index contributed by atoms with van der Waals surface area (Å²) in [6, 6.07) is 8.50. The van der Waals surface area contributed by atoms with Gasteiger partial charge < -0.3 is 10.4 Å². The van der Waals surface area contributed by atoms with E-state index >= 15 is 0 Å². The van der Waals surface area contributed by atoms with Gasteiger partial charge in [-0.1, -0.05) is 28.1 Å². The fraction of sp³-hybridized carbons (Fsp3) is 0.500. The minimum atomic E-state index is -0.505. The lowest BCUT2D eigenvalue weighted by Crippen LogP contribution is -2.56. The number of halogens is 1. The minimum Gasteiger partial charge on any atom is -0.389 e. The first-order chi connectivity index (χ1) is 7.08. The molecule has 0 radical (unpaired) electrons. The van der Waals surface area contributed by atoms with Gasteiger partial charge in [-0.2, -0.15) is 0 Å². The van der Waals surface area contributed by atoms with Gasteiger partial charge in [0.2, 0.25) is 0 Å². The number of aliphatic hydroxyl groups is 1. The van der Waals surface area contributed by atoms with Crippen molar-refractivity contribution in [2.75, 3.05) is 0 Å². The zero-order valence-electron chi connectivity index (χ0n) is 8.83. The fourth-order valence-electron chi connectivity index (χ4n) is 1.87. The van der Waals surface area contributed by atoms with E-state index in [0.717, 1.165) is 23.9 Å². The molecule has 15 heavy (non-hydrogen) atoms. The first kappa shape index (κ1) is 11.1. The van der Waals surface area contributed by atoms with Crippen LogP contribution in [0.5, 0.6) is 0 Å². The highest BCUT2D eigenvalue weighted by Crippen LogP contribution is 2.31. The Labute approximate surface area is 98.8 Å². The van der Waals surface area contributed by atoms with Crippen LogP contribution < -0.4 is 5.32 Å². The lowest BCUT2D eigenvalue weighted by molar-refractivity contribution is -0.0523. The highest BCUT2D eigenvalue weighted by Gasteiger charge is 2.40. The highest BCUT2D eigenvalue weighted by atomic mass is 79.9. The van der Waals surface area contributed by atoms with Gasteiger partial charge in [-0.15, -0.1) is 0 Å². The Morgan fingerprint density at radius 2 is 2.13 bits per heavy atom. The first-order valence-corrected chi connectivity index (χ1v) is 6.07. The molecule has 2 nitrogen and oxygen atoms in total. The van der Waals surface area contributed by atoms with E-state index in [1.54, 1.807) is 0 Å². The summed E-state index contributed by atoms with van der Waals surface area (Å²) in [7, 11) is 0. The minimum absolute atomic E-state index is 0.251. The Balaban J connectivity index is 1.86. The van der Waals surface area contributed by atoms with E-state index in [4.69, 9.17) is 0 Å². The Hall–Kier alpha value is -0.380. The molecule has 82 valence electrons. The van der Waals surface area contributed by atoms with Crippen molar-refractivity contribution in [2.45, 2.75) is 38.0 Å². The van der Waals surface area contributed by atoms with Crippen molar-refractivity contribution in [3.63, 3.8) is 0 Å². The lowest BCUT2D eigenvalue weighted by Gasteiger charge is -2.43. The van der Waals surface area contributed by atoms with Gasteiger partial charge in [0, 0.05) is 17.1 Å². The molecule has 2 atom stereocenters. The van der Waals surface area contributed by atoms with Gasteiger partial charge in [0.05, 0.1) is 5.60 Å². The van der Waals surface area contributed by atoms with E-state index in [1.807, 2.05) is 19.1 Å². The van der Waals surface area contributed by atoms with Gasteiger partial charge in [-0.05, 0) is 37.5 Å². The lowest BCUT2D eigenvalue weighted by atomic mass is 9.76. The fourth-order valence-corrected chi connectivity index (χ4v) is 2.14. The van der Waals surface area contributed by atoms with Gasteiger partial charge in [-0.25, -0.2) is 0 Å². The molecule has 1 fully saturated rings. The van der Waals surface area contributed by atoms with Crippen LogP contribution >= 0.6 is 15.9 Å². The third-order valence-corrected chi connectivity index (χ3v) is 3.68. The van der Waals surface area contributed by atoms with E-state index < -0.39 is 5.60 Å². The Morgan fingerprint density at radius 1 is 1.47 bits per heavy atom. The molecule has 2 N–H and O–H groups in total. The molecule has 1 aliphatic carbocycles. The largest absolute Gasteiger partial charge is 0.389 e. The third-order valence-electron chi connectivity index (χ3n) is 3.16. The van der Waals surface area contributed by atoms with Crippen LogP contribution in [0.2, 0.25) is 0 Å². The van der Waals surface area contributed by atoms with Crippen LogP contribution in [0, 0.1) is 0 Å². The second-order valence-electron chi connectivity index (χ2n) is 4.46. The highest BCUT2D eigenvalue weighted by molar-refractivity contribution is 9.10. The zero-order chi connectivity index (χ0) is 10.9. The molecular formula is C12H16BrNO. The normalized spacial score (nSPS) is 29.9. The molecule has 0 unspecified atom stereocenters.